The van der Waals surface area contributed by atoms with Crippen LogP contribution in [0, 0.1) is 11.3 Å². The van der Waals surface area contributed by atoms with Gasteiger partial charge in [-0.15, -0.1) is 11.3 Å². The molecule has 0 atom stereocenters. The van der Waals surface area contributed by atoms with E-state index < -0.39 is 0 Å². The Morgan fingerprint density at radius 2 is 2.29 bits per heavy atom. The van der Waals surface area contributed by atoms with E-state index in [-0.39, 0.29) is 0 Å². The number of benzene rings is 1. The van der Waals surface area contributed by atoms with Gasteiger partial charge in [-0.1, -0.05) is 27.5 Å². The maximum Gasteiger partial charge on any atom is 0.0940 e. The summed E-state index contributed by atoms with van der Waals surface area (Å²) in [5.41, 5.74) is 1.02. The number of nitrogens with zero attached hydrogens (tertiary/aromatic N) is 1. The Balaban J connectivity index is 2.76. The normalized spacial score (nSPS) is 10.4. The molecule has 0 amide bonds. The highest BCUT2D eigenvalue weighted by Gasteiger charge is 2.08. The molecule has 2 rings (SSSR count). The van der Waals surface area contributed by atoms with Gasteiger partial charge >= 0.3 is 0 Å². The number of hydrogen-bond donors (Lipinski definition) is 0. The van der Waals surface area contributed by atoms with Crippen molar-refractivity contribution in [2.45, 2.75) is 6.42 Å². The van der Waals surface area contributed by atoms with Gasteiger partial charge in [0, 0.05) is 9.17 Å². The number of hydrogen-bond acceptors (Lipinski definition) is 2. The molecule has 4 heteroatoms. The summed E-state index contributed by atoms with van der Waals surface area (Å²) in [6.45, 7) is 0. The lowest BCUT2D eigenvalue weighted by Crippen LogP contribution is -1.83. The maximum atomic E-state index is 8.71. The van der Waals surface area contributed by atoms with E-state index in [4.69, 9.17) is 16.9 Å². The quantitative estimate of drug-likeness (QED) is 0.763. The topological polar surface area (TPSA) is 23.8 Å². The molecule has 70 valence electrons. The molecular formula is C10H5BrClNS. The molecule has 1 aromatic carbocycles. The van der Waals surface area contributed by atoms with Crippen LogP contribution < -0.4 is 0 Å². The summed E-state index contributed by atoms with van der Waals surface area (Å²) < 4.78 is 2.86. The molecule has 0 saturated heterocycles. The van der Waals surface area contributed by atoms with E-state index in [0.717, 1.165) is 24.5 Å². The van der Waals surface area contributed by atoms with E-state index in [1.807, 2.05) is 18.2 Å². The third kappa shape index (κ3) is 1.66. The molecule has 0 saturated carbocycles. The number of fused-ring (bicyclic) bond motifs is 1. The molecule has 0 unspecified atom stereocenters. The van der Waals surface area contributed by atoms with Gasteiger partial charge in [-0.05, 0) is 29.1 Å². The third-order valence-corrected chi connectivity index (χ3v) is 3.95. The van der Waals surface area contributed by atoms with Crippen LogP contribution in [0.3, 0.4) is 0 Å². The highest BCUT2D eigenvalue weighted by molar-refractivity contribution is 9.10. The summed E-state index contributed by atoms with van der Waals surface area (Å²) in [6.07, 6.45) is 0.408. The first kappa shape index (κ1) is 9.97. The van der Waals surface area contributed by atoms with E-state index in [1.165, 1.54) is 11.3 Å². The molecule has 1 aromatic heterocycles. The molecule has 0 aliphatic carbocycles. The van der Waals surface area contributed by atoms with Crippen molar-refractivity contribution >= 4 is 49.0 Å². The standard InChI is InChI=1S/C10H5BrClNS/c11-8-1-2-9-7(5-10(12)14-9)6(8)3-4-13/h1-2,5H,3H2. The van der Waals surface area contributed by atoms with Crippen molar-refractivity contribution in [2.75, 3.05) is 0 Å². The minimum Gasteiger partial charge on any atom is -0.198 e. The Hall–Kier alpha value is -0.560. The van der Waals surface area contributed by atoms with Gasteiger partial charge < -0.3 is 0 Å². The molecule has 0 bridgehead atoms. The Morgan fingerprint density at radius 1 is 1.50 bits per heavy atom. The molecule has 14 heavy (non-hydrogen) atoms. The van der Waals surface area contributed by atoms with Gasteiger partial charge in [0.15, 0.2) is 0 Å². The number of rotatable bonds is 1. The van der Waals surface area contributed by atoms with E-state index in [2.05, 4.69) is 22.0 Å². The Kier molecular flexibility index (Phi) is 2.78. The largest absolute Gasteiger partial charge is 0.198 e. The maximum absolute atomic E-state index is 8.71. The smallest absolute Gasteiger partial charge is 0.0940 e. The van der Waals surface area contributed by atoms with Crippen molar-refractivity contribution in [3.63, 3.8) is 0 Å². The van der Waals surface area contributed by atoms with Crippen molar-refractivity contribution in [1.82, 2.24) is 0 Å². The van der Waals surface area contributed by atoms with Crippen LogP contribution in [0.4, 0.5) is 0 Å². The molecule has 2 aromatic rings. The summed E-state index contributed by atoms with van der Waals surface area (Å²) >= 11 is 10.9. The lowest BCUT2D eigenvalue weighted by molar-refractivity contribution is 1.27. The van der Waals surface area contributed by atoms with E-state index in [0.29, 0.717) is 6.42 Å². The SMILES string of the molecule is N#CCc1c(Br)ccc2sc(Cl)cc12. The zero-order valence-electron chi connectivity index (χ0n) is 7.05. The van der Waals surface area contributed by atoms with Crippen LogP contribution in [-0.4, -0.2) is 0 Å². The van der Waals surface area contributed by atoms with Crippen LogP contribution in [0.5, 0.6) is 0 Å². The minimum absolute atomic E-state index is 0.408. The lowest BCUT2D eigenvalue weighted by atomic mass is 10.1. The first-order chi connectivity index (χ1) is 6.72. The zero-order valence-corrected chi connectivity index (χ0v) is 10.2. The Labute approximate surface area is 99.0 Å². The zero-order chi connectivity index (χ0) is 10.1. The first-order valence-corrected chi connectivity index (χ1v) is 5.94. The van der Waals surface area contributed by atoms with Crippen LogP contribution in [0.1, 0.15) is 5.56 Å². The highest BCUT2D eigenvalue weighted by Crippen LogP contribution is 2.35. The molecular weight excluding hydrogens is 282 g/mol. The van der Waals surface area contributed by atoms with Gasteiger partial charge in [0.05, 0.1) is 16.8 Å². The average Bonchev–Trinajstić information content (AvgIpc) is 2.51. The molecule has 0 spiro atoms. The van der Waals surface area contributed by atoms with Crippen LogP contribution in [0.25, 0.3) is 10.1 Å². The number of halogens is 2. The van der Waals surface area contributed by atoms with Gasteiger partial charge in [0.2, 0.25) is 0 Å². The molecule has 0 N–H and O–H groups in total. The van der Waals surface area contributed by atoms with Gasteiger partial charge in [-0.2, -0.15) is 5.26 Å². The molecule has 1 nitrogen and oxygen atoms in total. The predicted octanol–water partition coefficient (Wildman–Crippen LogP) is 4.38. The fraction of sp³-hybridized carbons (Fsp3) is 0.100. The molecule has 0 fully saturated rings. The van der Waals surface area contributed by atoms with Gasteiger partial charge in [-0.3, -0.25) is 0 Å². The number of nitriles is 1. The van der Waals surface area contributed by atoms with E-state index in [1.54, 1.807) is 0 Å². The van der Waals surface area contributed by atoms with E-state index >= 15 is 0 Å². The van der Waals surface area contributed by atoms with Crippen LogP contribution >= 0.6 is 38.9 Å². The van der Waals surface area contributed by atoms with Gasteiger partial charge in [-0.25, -0.2) is 0 Å². The second-order valence-corrected chi connectivity index (χ2v) is 5.39. The number of thiophene rings is 1. The molecule has 0 aliphatic heterocycles. The van der Waals surface area contributed by atoms with Crippen LogP contribution in [0.2, 0.25) is 4.34 Å². The minimum atomic E-state index is 0.408. The van der Waals surface area contributed by atoms with Crippen molar-refractivity contribution in [1.29, 1.82) is 5.26 Å². The second-order valence-electron chi connectivity index (χ2n) is 2.82. The first-order valence-electron chi connectivity index (χ1n) is 3.95. The van der Waals surface area contributed by atoms with E-state index in [9.17, 15) is 0 Å². The van der Waals surface area contributed by atoms with Crippen molar-refractivity contribution in [2.24, 2.45) is 0 Å². The fourth-order valence-corrected chi connectivity index (χ4v) is 3.03. The van der Waals surface area contributed by atoms with Crippen molar-refractivity contribution < 1.29 is 0 Å². The van der Waals surface area contributed by atoms with Crippen molar-refractivity contribution in [3.05, 3.63) is 32.6 Å². The summed E-state index contributed by atoms with van der Waals surface area (Å²) in [4.78, 5) is 0. The van der Waals surface area contributed by atoms with Crippen molar-refractivity contribution in [3.8, 4) is 6.07 Å². The molecule has 0 aliphatic rings. The van der Waals surface area contributed by atoms with Crippen LogP contribution in [-0.2, 0) is 6.42 Å². The monoisotopic (exact) mass is 285 g/mol. The Bertz CT molecular complexity index is 527. The molecule has 1 heterocycles. The Morgan fingerprint density at radius 3 is 3.00 bits per heavy atom. The molecule has 0 radical (unpaired) electrons. The summed E-state index contributed by atoms with van der Waals surface area (Å²) in [7, 11) is 0. The average molecular weight is 287 g/mol. The summed E-state index contributed by atoms with van der Waals surface area (Å²) in [6, 6.07) is 8.04. The van der Waals surface area contributed by atoms with Gasteiger partial charge in [0.25, 0.3) is 0 Å². The highest BCUT2D eigenvalue weighted by atomic mass is 79.9. The van der Waals surface area contributed by atoms with Crippen LogP contribution in [0.15, 0.2) is 22.7 Å². The third-order valence-electron chi connectivity index (χ3n) is 1.98. The summed E-state index contributed by atoms with van der Waals surface area (Å²) in [5.74, 6) is 0. The predicted molar refractivity (Wildman–Crippen MR) is 63.9 cm³/mol. The second kappa shape index (κ2) is 3.90. The summed E-state index contributed by atoms with van der Waals surface area (Å²) in [5, 5.41) is 9.79. The van der Waals surface area contributed by atoms with Gasteiger partial charge in [0.1, 0.15) is 0 Å². The lowest BCUT2D eigenvalue weighted by Gasteiger charge is -2.00. The fourth-order valence-electron chi connectivity index (χ4n) is 1.37.